The largest absolute Gasteiger partial charge is 0.276 e. The number of benzene rings is 1. The molecule has 1 fully saturated rings. The van der Waals surface area contributed by atoms with Crippen LogP contribution in [0.2, 0.25) is 4.34 Å². The maximum Gasteiger partial charge on any atom is 0.233 e. The van der Waals surface area contributed by atoms with Crippen LogP contribution in [0.3, 0.4) is 0 Å². The first-order valence-corrected chi connectivity index (χ1v) is 7.75. The van der Waals surface area contributed by atoms with Gasteiger partial charge in [-0.1, -0.05) is 28.2 Å². The first kappa shape index (κ1) is 15.1. The van der Waals surface area contributed by atoms with Gasteiger partial charge in [-0.05, 0) is 24.1 Å². The molecule has 1 aliphatic rings. The van der Waals surface area contributed by atoms with Gasteiger partial charge in [0.2, 0.25) is 11.8 Å². The molecule has 1 aromatic carbocycles. The molecule has 0 radical (unpaired) electrons. The van der Waals surface area contributed by atoms with Crippen molar-refractivity contribution < 1.29 is 14.0 Å². The predicted molar refractivity (Wildman–Crippen MR) is 78.7 cm³/mol. The molecule has 0 spiro atoms. The van der Waals surface area contributed by atoms with Crippen molar-refractivity contribution in [3.8, 4) is 0 Å². The van der Waals surface area contributed by atoms with E-state index in [1.54, 1.807) is 12.1 Å². The lowest BCUT2D eigenvalue weighted by atomic mass is 9.98. The van der Waals surface area contributed by atoms with Crippen LogP contribution in [0.4, 0.5) is 4.39 Å². The van der Waals surface area contributed by atoms with Crippen LogP contribution in [0.1, 0.15) is 17.7 Å². The summed E-state index contributed by atoms with van der Waals surface area (Å²) in [6, 6.07) is 5.93. The number of amides is 2. The van der Waals surface area contributed by atoms with E-state index in [2.05, 4.69) is 9.59 Å². The van der Waals surface area contributed by atoms with Crippen molar-refractivity contribution in [2.24, 2.45) is 5.92 Å². The van der Waals surface area contributed by atoms with E-state index in [-0.39, 0.29) is 30.6 Å². The first-order valence-electron chi connectivity index (χ1n) is 6.60. The third-order valence-corrected chi connectivity index (χ3v) is 4.53. The summed E-state index contributed by atoms with van der Waals surface area (Å²) in [6.45, 7) is 0.0485. The van der Waals surface area contributed by atoms with Gasteiger partial charge < -0.3 is 0 Å². The van der Waals surface area contributed by atoms with E-state index in [1.807, 2.05) is 0 Å². The van der Waals surface area contributed by atoms with E-state index < -0.39 is 5.92 Å². The first-order chi connectivity index (χ1) is 10.5. The molecule has 22 heavy (non-hydrogen) atoms. The van der Waals surface area contributed by atoms with Gasteiger partial charge in [0, 0.05) is 18.0 Å². The Hall–Kier alpha value is -1.86. The van der Waals surface area contributed by atoms with Crippen LogP contribution in [0, 0.1) is 11.7 Å². The summed E-state index contributed by atoms with van der Waals surface area (Å²) in [7, 11) is 0. The van der Waals surface area contributed by atoms with Gasteiger partial charge in [0.05, 0.1) is 12.5 Å². The molecule has 0 bridgehead atoms. The Bertz CT molecular complexity index is 719. The molecule has 0 N–H and O–H groups in total. The molecular formula is C14H11ClFN3O2S. The number of likely N-dealkylation sites (tertiary alicyclic amines) is 1. The molecule has 1 aliphatic heterocycles. The molecule has 2 amide bonds. The number of nitrogens with zero attached hydrogens (tertiary/aromatic N) is 3. The monoisotopic (exact) mass is 339 g/mol. The van der Waals surface area contributed by atoms with Gasteiger partial charge in [-0.15, -0.1) is 5.10 Å². The average Bonchev–Trinajstić information content (AvgIpc) is 3.01. The number of carbonyl (C=O) groups is 2. The summed E-state index contributed by atoms with van der Waals surface area (Å²) in [5, 5.41) is 3.82. The number of rotatable bonds is 4. The van der Waals surface area contributed by atoms with Crippen LogP contribution < -0.4 is 0 Å². The number of halogens is 2. The highest BCUT2D eigenvalue weighted by atomic mass is 35.5. The Morgan fingerprint density at radius 3 is 2.68 bits per heavy atom. The van der Waals surface area contributed by atoms with Crippen molar-refractivity contribution >= 4 is 34.9 Å². The second-order valence-electron chi connectivity index (χ2n) is 5.04. The number of aromatic nitrogens is 2. The molecule has 3 rings (SSSR count). The third kappa shape index (κ3) is 3.00. The van der Waals surface area contributed by atoms with E-state index >= 15 is 0 Å². The summed E-state index contributed by atoms with van der Waals surface area (Å²) in [5.74, 6) is -1.26. The number of hydrogen-bond donors (Lipinski definition) is 0. The van der Waals surface area contributed by atoms with Gasteiger partial charge in [0.15, 0.2) is 0 Å². The van der Waals surface area contributed by atoms with Gasteiger partial charge >= 0.3 is 0 Å². The molecule has 5 nitrogen and oxygen atoms in total. The predicted octanol–water partition coefficient (Wildman–Crippen LogP) is 2.45. The van der Waals surface area contributed by atoms with E-state index in [0.717, 1.165) is 22.0 Å². The fourth-order valence-electron chi connectivity index (χ4n) is 2.42. The Kier molecular flexibility index (Phi) is 4.17. The minimum Gasteiger partial charge on any atom is -0.276 e. The second-order valence-corrected chi connectivity index (χ2v) is 6.40. The van der Waals surface area contributed by atoms with Crippen molar-refractivity contribution in [3.05, 3.63) is 45.7 Å². The van der Waals surface area contributed by atoms with Crippen molar-refractivity contribution in [2.45, 2.75) is 19.4 Å². The van der Waals surface area contributed by atoms with Gasteiger partial charge in [-0.2, -0.15) is 0 Å². The minimum atomic E-state index is -0.427. The normalized spacial score (nSPS) is 18.3. The maximum atomic E-state index is 12.9. The van der Waals surface area contributed by atoms with Crippen LogP contribution >= 0.6 is 23.1 Å². The van der Waals surface area contributed by atoms with Crippen molar-refractivity contribution in [3.63, 3.8) is 0 Å². The highest BCUT2D eigenvalue weighted by molar-refractivity contribution is 7.10. The average molecular weight is 340 g/mol. The molecular weight excluding hydrogens is 329 g/mol. The molecule has 1 aromatic heterocycles. The van der Waals surface area contributed by atoms with Gasteiger partial charge in [0.1, 0.15) is 15.8 Å². The van der Waals surface area contributed by atoms with Crippen molar-refractivity contribution in [1.82, 2.24) is 14.5 Å². The molecule has 8 heteroatoms. The molecule has 0 unspecified atom stereocenters. The Balaban J connectivity index is 1.71. The lowest BCUT2D eigenvalue weighted by Crippen LogP contribution is -2.30. The Morgan fingerprint density at radius 1 is 1.32 bits per heavy atom. The molecule has 0 aliphatic carbocycles. The van der Waals surface area contributed by atoms with Crippen LogP contribution in [-0.2, 0) is 22.6 Å². The summed E-state index contributed by atoms with van der Waals surface area (Å²) in [4.78, 5) is 25.6. The van der Waals surface area contributed by atoms with Crippen LogP contribution in [0.25, 0.3) is 0 Å². The summed E-state index contributed by atoms with van der Waals surface area (Å²) in [6.07, 6.45) is 0.551. The van der Waals surface area contributed by atoms with E-state index in [4.69, 9.17) is 11.6 Å². The molecule has 2 aromatic rings. The van der Waals surface area contributed by atoms with Gasteiger partial charge in [0.25, 0.3) is 0 Å². The van der Waals surface area contributed by atoms with Gasteiger partial charge in [-0.25, -0.2) is 4.39 Å². The zero-order valence-electron chi connectivity index (χ0n) is 11.3. The standard InChI is InChI=1S/C14H11ClFN3O2S/c15-13-11(17-18-22-13)7-19-12(20)6-9(14(19)21)5-8-1-3-10(16)4-2-8/h1-4,9H,5-7H2/t9-/m1/s1. The topological polar surface area (TPSA) is 63.2 Å². The number of carbonyl (C=O) groups excluding carboxylic acids is 2. The van der Waals surface area contributed by atoms with Crippen LogP contribution in [0.15, 0.2) is 24.3 Å². The van der Waals surface area contributed by atoms with Crippen molar-refractivity contribution in [1.29, 1.82) is 0 Å². The minimum absolute atomic E-state index is 0.0485. The number of hydrogen-bond acceptors (Lipinski definition) is 5. The molecule has 1 saturated heterocycles. The van der Waals surface area contributed by atoms with E-state index in [9.17, 15) is 14.0 Å². The summed E-state index contributed by atoms with van der Waals surface area (Å²) < 4.78 is 17.0. The maximum absolute atomic E-state index is 12.9. The SMILES string of the molecule is O=C1C[C@@H](Cc2ccc(F)cc2)C(=O)N1Cc1nnsc1Cl. The quantitative estimate of drug-likeness (QED) is 0.803. The van der Waals surface area contributed by atoms with E-state index in [1.165, 1.54) is 12.1 Å². The summed E-state index contributed by atoms with van der Waals surface area (Å²) in [5.41, 5.74) is 1.25. The van der Waals surface area contributed by atoms with Crippen LogP contribution in [0.5, 0.6) is 0 Å². The third-order valence-electron chi connectivity index (χ3n) is 3.55. The fraction of sp³-hybridized carbons (Fsp3) is 0.286. The second kappa shape index (κ2) is 6.10. The molecule has 1 atom stereocenters. The van der Waals surface area contributed by atoms with E-state index in [0.29, 0.717) is 16.5 Å². The fourth-order valence-corrected chi connectivity index (χ4v) is 3.04. The highest BCUT2D eigenvalue weighted by Crippen LogP contribution is 2.27. The number of imide groups is 1. The van der Waals surface area contributed by atoms with Gasteiger partial charge in [-0.3, -0.25) is 14.5 Å². The summed E-state index contributed by atoms with van der Waals surface area (Å²) >= 11 is 6.92. The Labute approximate surface area is 134 Å². The lowest BCUT2D eigenvalue weighted by molar-refractivity contribution is -0.140. The zero-order valence-corrected chi connectivity index (χ0v) is 12.9. The Morgan fingerprint density at radius 2 is 2.05 bits per heavy atom. The van der Waals surface area contributed by atoms with Crippen LogP contribution in [-0.4, -0.2) is 26.3 Å². The molecule has 2 heterocycles. The van der Waals surface area contributed by atoms with Crippen molar-refractivity contribution in [2.75, 3.05) is 0 Å². The molecule has 114 valence electrons. The smallest absolute Gasteiger partial charge is 0.233 e. The molecule has 0 saturated carbocycles. The zero-order chi connectivity index (χ0) is 15.7. The highest BCUT2D eigenvalue weighted by Gasteiger charge is 2.39. The lowest BCUT2D eigenvalue weighted by Gasteiger charge is -2.13.